The topological polar surface area (TPSA) is 78.5 Å². The number of hydrogen-bond acceptors (Lipinski definition) is 5. The first-order valence-electron chi connectivity index (χ1n) is 9.26. The average molecular weight is 398 g/mol. The Bertz CT molecular complexity index is 744. The number of likely N-dealkylation sites (tertiary alicyclic amines) is 1. The lowest BCUT2D eigenvalue weighted by Crippen LogP contribution is -2.35. The van der Waals surface area contributed by atoms with Crippen LogP contribution in [0.4, 0.5) is 5.69 Å². The highest BCUT2D eigenvalue weighted by atomic mass is 32.2. The number of benzene rings is 1. The monoisotopic (exact) mass is 397 g/mol. The third-order valence-electron chi connectivity index (χ3n) is 4.76. The van der Waals surface area contributed by atoms with Crippen molar-refractivity contribution in [3.05, 3.63) is 18.2 Å². The van der Waals surface area contributed by atoms with E-state index in [2.05, 4.69) is 14.9 Å². The Balaban J connectivity index is 1.64. The second-order valence-corrected chi connectivity index (χ2v) is 10.2. The van der Waals surface area contributed by atoms with Gasteiger partial charge in [0, 0.05) is 29.7 Å². The van der Waals surface area contributed by atoms with Crippen LogP contribution in [-0.2, 0) is 14.8 Å². The summed E-state index contributed by atoms with van der Waals surface area (Å²) in [4.78, 5) is 15.3. The van der Waals surface area contributed by atoms with Crippen molar-refractivity contribution in [2.45, 2.75) is 54.1 Å². The zero-order chi connectivity index (χ0) is 18.6. The maximum atomic E-state index is 12.6. The average Bonchev–Trinajstić information content (AvgIpc) is 2.91. The molecule has 0 aromatic heterocycles. The number of thioether (sulfide) groups is 1. The zero-order valence-corrected chi connectivity index (χ0v) is 16.8. The minimum Gasteiger partial charge on any atom is -0.325 e. The third kappa shape index (κ3) is 5.22. The fourth-order valence-corrected chi connectivity index (χ4v) is 5.48. The summed E-state index contributed by atoms with van der Waals surface area (Å²) in [6.45, 7) is 5.21. The van der Waals surface area contributed by atoms with Gasteiger partial charge in [-0.15, -0.1) is 11.8 Å². The molecule has 1 fully saturated rings. The maximum Gasteiger partial charge on any atom is 0.240 e. The summed E-state index contributed by atoms with van der Waals surface area (Å²) in [5.41, 5.74) is 0.583. The van der Waals surface area contributed by atoms with E-state index in [4.69, 9.17) is 0 Å². The van der Waals surface area contributed by atoms with Gasteiger partial charge >= 0.3 is 0 Å². The van der Waals surface area contributed by atoms with Gasteiger partial charge in [0.1, 0.15) is 0 Å². The summed E-state index contributed by atoms with van der Waals surface area (Å²) >= 11 is 1.59. The Hall–Kier alpha value is -1.09. The van der Waals surface area contributed by atoms with E-state index < -0.39 is 10.0 Å². The lowest BCUT2D eigenvalue weighted by atomic mass is 10.2. The van der Waals surface area contributed by atoms with Crippen molar-refractivity contribution in [1.82, 2.24) is 9.62 Å². The van der Waals surface area contributed by atoms with Gasteiger partial charge in [-0.3, -0.25) is 4.79 Å². The Morgan fingerprint density at radius 2 is 1.96 bits per heavy atom. The number of amides is 1. The van der Waals surface area contributed by atoms with Gasteiger partial charge in [-0.2, -0.15) is 0 Å². The number of carbonyl (C=O) groups excluding carboxylic acids is 1. The van der Waals surface area contributed by atoms with Gasteiger partial charge in [0.15, 0.2) is 0 Å². The molecular formula is C18H27N3O3S2. The molecule has 0 unspecified atom stereocenters. The smallest absolute Gasteiger partial charge is 0.240 e. The molecule has 1 amide bonds. The molecular weight excluding hydrogens is 370 g/mol. The van der Waals surface area contributed by atoms with Crippen LogP contribution in [0.15, 0.2) is 28.0 Å². The molecule has 0 spiro atoms. The van der Waals surface area contributed by atoms with Crippen LogP contribution in [0.5, 0.6) is 0 Å². The van der Waals surface area contributed by atoms with Gasteiger partial charge < -0.3 is 10.2 Å². The van der Waals surface area contributed by atoms with E-state index >= 15 is 0 Å². The van der Waals surface area contributed by atoms with E-state index in [0.717, 1.165) is 24.5 Å². The van der Waals surface area contributed by atoms with Crippen LogP contribution in [-0.4, -0.2) is 50.7 Å². The van der Waals surface area contributed by atoms with Gasteiger partial charge in [-0.1, -0.05) is 19.8 Å². The summed E-state index contributed by atoms with van der Waals surface area (Å²) < 4.78 is 27.9. The molecule has 1 aromatic rings. The van der Waals surface area contributed by atoms with E-state index in [1.807, 2.05) is 6.92 Å². The molecule has 2 aliphatic rings. The molecule has 0 aliphatic carbocycles. The van der Waals surface area contributed by atoms with Crippen LogP contribution >= 0.6 is 11.8 Å². The van der Waals surface area contributed by atoms with Gasteiger partial charge in [0.05, 0.1) is 10.6 Å². The molecule has 1 aromatic carbocycles. The predicted molar refractivity (Wildman–Crippen MR) is 105 cm³/mol. The van der Waals surface area contributed by atoms with Crippen LogP contribution in [0.2, 0.25) is 0 Å². The van der Waals surface area contributed by atoms with Crippen LogP contribution in [0.1, 0.15) is 39.0 Å². The summed E-state index contributed by atoms with van der Waals surface area (Å²) in [5.74, 6) is -0.0765. The van der Waals surface area contributed by atoms with E-state index in [9.17, 15) is 13.2 Å². The minimum atomic E-state index is -3.58. The zero-order valence-electron chi connectivity index (χ0n) is 15.2. The molecule has 3 rings (SSSR count). The van der Waals surface area contributed by atoms with Crippen LogP contribution in [0.3, 0.4) is 0 Å². The second kappa shape index (κ2) is 8.73. The Kier molecular flexibility index (Phi) is 6.60. The molecule has 2 aliphatic heterocycles. The highest BCUT2D eigenvalue weighted by Crippen LogP contribution is 2.36. The van der Waals surface area contributed by atoms with E-state index in [-0.39, 0.29) is 16.1 Å². The summed E-state index contributed by atoms with van der Waals surface area (Å²) in [6, 6.07) is 4.96. The fourth-order valence-electron chi connectivity index (χ4n) is 3.38. The molecule has 26 heavy (non-hydrogen) atoms. The molecule has 2 N–H and O–H groups in total. The highest BCUT2D eigenvalue weighted by molar-refractivity contribution is 8.00. The first-order chi connectivity index (χ1) is 12.4. The summed E-state index contributed by atoms with van der Waals surface area (Å²) in [5, 5.41) is 2.99. The van der Waals surface area contributed by atoms with E-state index in [0.29, 0.717) is 18.7 Å². The third-order valence-corrected chi connectivity index (χ3v) is 7.39. The van der Waals surface area contributed by atoms with Crippen molar-refractivity contribution in [2.24, 2.45) is 0 Å². The molecule has 0 radical (unpaired) electrons. The maximum absolute atomic E-state index is 12.6. The van der Waals surface area contributed by atoms with Gasteiger partial charge in [0.25, 0.3) is 0 Å². The minimum absolute atomic E-state index is 0.0765. The SMILES string of the molecule is C[C@H]1CC(=O)Nc2cc(S(=O)(=O)NCCN3CCCCCC3)ccc2S1. The molecule has 1 saturated heterocycles. The van der Waals surface area contributed by atoms with E-state index in [1.165, 1.54) is 25.7 Å². The van der Waals surface area contributed by atoms with E-state index in [1.54, 1.807) is 30.0 Å². The normalized spacial score (nSPS) is 22.2. The van der Waals surface area contributed by atoms with Crippen molar-refractivity contribution in [3.8, 4) is 0 Å². The molecule has 6 nitrogen and oxygen atoms in total. The number of nitrogens with zero attached hydrogens (tertiary/aromatic N) is 1. The van der Waals surface area contributed by atoms with Crippen LogP contribution in [0, 0.1) is 0 Å². The largest absolute Gasteiger partial charge is 0.325 e. The number of sulfonamides is 1. The quantitative estimate of drug-likeness (QED) is 0.799. The van der Waals surface area contributed by atoms with Crippen LogP contribution < -0.4 is 10.0 Å². The lowest BCUT2D eigenvalue weighted by molar-refractivity contribution is -0.116. The molecule has 2 heterocycles. The first kappa shape index (κ1) is 19.7. The first-order valence-corrected chi connectivity index (χ1v) is 11.6. The summed E-state index contributed by atoms with van der Waals surface area (Å²) in [7, 11) is -3.58. The van der Waals surface area contributed by atoms with Crippen molar-refractivity contribution in [3.63, 3.8) is 0 Å². The van der Waals surface area contributed by atoms with Crippen molar-refractivity contribution >= 4 is 33.4 Å². The van der Waals surface area contributed by atoms with Gasteiger partial charge in [-0.05, 0) is 44.1 Å². The fraction of sp³-hybridized carbons (Fsp3) is 0.611. The van der Waals surface area contributed by atoms with Crippen molar-refractivity contribution < 1.29 is 13.2 Å². The molecule has 144 valence electrons. The standard InChI is InChI=1S/C18H27N3O3S2/c1-14-12-18(22)20-16-13-15(6-7-17(16)25-14)26(23,24)19-8-11-21-9-4-2-3-5-10-21/h6-7,13-14,19H,2-5,8-12H2,1H3,(H,20,22)/t14-/m0/s1. The molecule has 0 saturated carbocycles. The number of rotatable bonds is 5. The Labute approximate surface area is 160 Å². The van der Waals surface area contributed by atoms with Crippen molar-refractivity contribution in [1.29, 1.82) is 0 Å². The highest BCUT2D eigenvalue weighted by Gasteiger charge is 2.22. The van der Waals surface area contributed by atoms with Crippen LogP contribution in [0.25, 0.3) is 0 Å². The lowest BCUT2D eigenvalue weighted by Gasteiger charge is -2.19. The predicted octanol–water partition coefficient (Wildman–Crippen LogP) is 2.66. The van der Waals surface area contributed by atoms with Gasteiger partial charge in [-0.25, -0.2) is 13.1 Å². The number of nitrogens with one attached hydrogen (secondary N) is 2. The Morgan fingerprint density at radius 1 is 1.23 bits per heavy atom. The second-order valence-electron chi connectivity index (χ2n) is 6.99. The number of hydrogen-bond donors (Lipinski definition) is 2. The number of anilines is 1. The Morgan fingerprint density at radius 3 is 2.69 bits per heavy atom. The van der Waals surface area contributed by atoms with Gasteiger partial charge in [0.2, 0.25) is 15.9 Å². The number of carbonyl (C=O) groups is 1. The molecule has 1 atom stereocenters. The number of fused-ring (bicyclic) bond motifs is 1. The summed E-state index contributed by atoms with van der Waals surface area (Å²) in [6.07, 6.45) is 5.33. The van der Waals surface area contributed by atoms with Crippen molar-refractivity contribution in [2.75, 3.05) is 31.5 Å². The molecule has 8 heteroatoms. The molecule has 0 bridgehead atoms.